The molecule has 2 aromatic rings. The number of rotatable bonds is 5. The molecule has 7 nitrogen and oxygen atoms in total. The third kappa shape index (κ3) is 4.09. The summed E-state index contributed by atoms with van der Waals surface area (Å²) in [6.45, 7) is 0.116. The second kappa shape index (κ2) is 7.47. The van der Waals surface area contributed by atoms with Crippen molar-refractivity contribution in [2.45, 2.75) is 37.6 Å². The van der Waals surface area contributed by atoms with Crippen LogP contribution in [0, 0.1) is 0 Å². The molecule has 1 aromatic heterocycles. The van der Waals surface area contributed by atoms with Crippen LogP contribution in [0.2, 0.25) is 0 Å². The number of benzene rings is 1. The molecule has 2 aliphatic rings. The minimum Gasteiger partial charge on any atom is -0.397 e. The normalized spacial score (nSPS) is 18.4. The molecule has 1 aromatic carbocycles. The van der Waals surface area contributed by atoms with E-state index in [1.807, 2.05) is 18.2 Å². The summed E-state index contributed by atoms with van der Waals surface area (Å²) in [5.41, 5.74) is 11.1. The topological polar surface area (TPSA) is 101 Å². The SMILES string of the molecule is NNc1ccc(N(c2ccc(C(=O)N3CCC(F)(F)CC3)cn2)C2CC2)cc1N. The second-order valence-electron chi connectivity index (χ2n) is 7.57. The number of carbonyl (C=O) groups is 1. The lowest BCUT2D eigenvalue weighted by Crippen LogP contribution is -2.42. The van der Waals surface area contributed by atoms with Gasteiger partial charge in [-0.05, 0) is 43.2 Å². The first-order chi connectivity index (χ1) is 13.9. The van der Waals surface area contributed by atoms with E-state index in [1.165, 1.54) is 11.1 Å². The van der Waals surface area contributed by atoms with Crippen LogP contribution in [0.25, 0.3) is 0 Å². The maximum absolute atomic E-state index is 13.3. The zero-order valence-electron chi connectivity index (χ0n) is 15.9. The monoisotopic (exact) mass is 402 g/mol. The molecule has 2 heterocycles. The van der Waals surface area contributed by atoms with Crippen LogP contribution >= 0.6 is 0 Å². The van der Waals surface area contributed by atoms with Gasteiger partial charge in [-0.2, -0.15) is 0 Å². The standard InChI is InChI=1S/C20H24F2N6O/c21-20(22)7-9-27(10-8-20)19(29)13-1-6-18(25-12-13)28(14-2-3-14)15-4-5-17(26-24)16(23)11-15/h1,4-6,11-12,14,26H,2-3,7-10,23-24H2. The fraction of sp³-hybridized carbons (Fsp3) is 0.400. The summed E-state index contributed by atoms with van der Waals surface area (Å²) in [5, 5.41) is 0. The molecule has 2 fully saturated rings. The highest BCUT2D eigenvalue weighted by Crippen LogP contribution is 2.39. The lowest BCUT2D eigenvalue weighted by molar-refractivity contribution is -0.0494. The van der Waals surface area contributed by atoms with E-state index in [4.69, 9.17) is 11.6 Å². The molecule has 0 spiro atoms. The summed E-state index contributed by atoms with van der Waals surface area (Å²) in [5.74, 6) is 3.21. The first-order valence-corrected chi connectivity index (χ1v) is 9.66. The van der Waals surface area contributed by atoms with Crippen molar-refractivity contribution in [2.75, 3.05) is 29.1 Å². The summed E-state index contributed by atoms with van der Waals surface area (Å²) in [6, 6.07) is 9.37. The molecule has 1 aliphatic carbocycles. The molecule has 0 unspecified atom stereocenters. The summed E-state index contributed by atoms with van der Waals surface area (Å²) in [6.07, 6.45) is 3.00. The minimum atomic E-state index is -2.68. The number of hydrazine groups is 1. The molecule has 1 saturated carbocycles. The maximum atomic E-state index is 13.3. The van der Waals surface area contributed by atoms with Crippen molar-refractivity contribution in [3.05, 3.63) is 42.1 Å². The number of alkyl halides is 2. The lowest BCUT2D eigenvalue weighted by atomic mass is 10.1. The van der Waals surface area contributed by atoms with Crippen molar-refractivity contribution in [1.29, 1.82) is 0 Å². The van der Waals surface area contributed by atoms with Gasteiger partial charge in [0, 0.05) is 43.9 Å². The van der Waals surface area contributed by atoms with Gasteiger partial charge in [-0.3, -0.25) is 10.6 Å². The Kier molecular flexibility index (Phi) is 4.99. The van der Waals surface area contributed by atoms with Crippen LogP contribution in [0.4, 0.5) is 31.7 Å². The van der Waals surface area contributed by atoms with Crippen LogP contribution in [0.3, 0.4) is 0 Å². The molecule has 1 aliphatic heterocycles. The average molecular weight is 402 g/mol. The molecule has 4 rings (SSSR count). The smallest absolute Gasteiger partial charge is 0.255 e. The number of likely N-dealkylation sites (tertiary alicyclic amines) is 1. The Hall–Kier alpha value is -2.94. The van der Waals surface area contributed by atoms with Crippen molar-refractivity contribution < 1.29 is 13.6 Å². The number of amides is 1. The van der Waals surface area contributed by atoms with Gasteiger partial charge in [0.15, 0.2) is 0 Å². The van der Waals surface area contributed by atoms with Crippen molar-refractivity contribution in [2.24, 2.45) is 5.84 Å². The molecule has 9 heteroatoms. The van der Waals surface area contributed by atoms with Crippen molar-refractivity contribution in [1.82, 2.24) is 9.88 Å². The number of piperidine rings is 1. The Bertz CT molecular complexity index is 890. The zero-order chi connectivity index (χ0) is 20.6. The zero-order valence-corrected chi connectivity index (χ0v) is 15.9. The van der Waals surface area contributed by atoms with Crippen LogP contribution in [-0.4, -0.2) is 40.8 Å². The highest BCUT2D eigenvalue weighted by atomic mass is 19.3. The summed E-state index contributed by atoms with van der Waals surface area (Å²) in [7, 11) is 0. The van der Waals surface area contributed by atoms with E-state index in [0.29, 0.717) is 28.8 Å². The van der Waals surface area contributed by atoms with E-state index in [-0.39, 0.29) is 31.8 Å². The highest BCUT2D eigenvalue weighted by molar-refractivity contribution is 5.94. The third-order valence-electron chi connectivity index (χ3n) is 5.40. The Morgan fingerprint density at radius 1 is 1.21 bits per heavy atom. The van der Waals surface area contributed by atoms with Crippen LogP contribution in [0.15, 0.2) is 36.5 Å². The van der Waals surface area contributed by atoms with Gasteiger partial charge in [0.25, 0.3) is 11.8 Å². The van der Waals surface area contributed by atoms with Gasteiger partial charge in [-0.1, -0.05) is 0 Å². The molecule has 1 amide bonds. The number of nitrogens with zero attached hydrogens (tertiary/aromatic N) is 3. The van der Waals surface area contributed by atoms with Gasteiger partial charge in [0.05, 0.1) is 16.9 Å². The van der Waals surface area contributed by atoms with E-state index in [9.17, 15) is 13.6 Å². The number of anilines is 4. The third-order valence-corrected chi connectivity index (χ3v) is 5.40. The van der Waals surface area contributed by atoms with Crippen LogP contribution in [0.1, 0.15) is 36.0 Å². The van der Waals surface area contributed by atoms with Gasteiger partial charge < -0.3 is 21.0 Å². The lowest BCUT2D eigenvalue weighted by Gasteiger charge is -2.31. The number of pyridine rings is 1. The Balaban J connectivity index is 1.53. The average Bonchev–Trinajstić information content (AvgIpc) is 3.53. The first kappa shape index (κ1) is 19.4. The van der Waals surface area contributed by atoms with Crippen molar-refractivity contribution >= 4 is 28.8 Å². The van der Waals surface area contributed by atoms with E-state index in [1.54, 1.807) is 12.1 Å². The van der Waals surface area contributed by atoms with Gasteiger partial charge >= 0.3 is 0 Å². The quantitative estimate of drug-likeness (QED) is 0.404. The molecule has 0 bridgehead atoms. The number of hydrogen-bond acceptors (Lipinski definition) is 6. The Morgan fingerprint density at radius 3 is 2.48 bits per heavy atom. The van der Waals surface area contributed by atoms with Gasteiger partial charge in [0.1, 0.15) is 5.82 Å². The molecule has 29 heavy (non-hydrogen) atoms. The second-order valence-corrected chi connectivity index (χ2v) is 7.57. The predicted molar refractivity (Wildman–Crippen MR) is 108 cm³/mol. The largest absolute Gasteiger partial charge is 0.397 e. The van der Waals surface area contributed by atoms with Crippen LogP contribution in [-0.2, 0) is 0 Å². The van der Waals surface area contributed by atoms with Crippen LogP contribution < -0.4 is 21.9 Å². The number of nitrogens with one attached hydrogen (secondary N) is 1. The fourth-order valence-corrected chi connectivity index (χ4v) is 3.57. The van der Waals surface area contributed by atoms with E-state index in [2.05, 4.69) is 15.3 Å². The number of hydrogen-bond donors (Lipinski definition) is 3. The molecule has 1 saturated heterocycles. The van der Waals surface area contributed by atoms with Crippen LogP contribution in [0.5, 0.6) is 0 Å². The maximum Gasteiger partial charge on any atom is 0.255 e. The number of nitrogen functional groups attached to an aromatic ring is 2. The fourth-order valence-electron chi connectivity index (χ4n) is 3.57. The molecular weight excluding hydrogens is 378 g/mol. The van der Waals surface area contributed by atoms with Crippen molar-refractivity contribution in [3.63, 3.8) is 0 Å². The minimum absolute atomic E-state index is 0.0581. The molecular formula is C20H24F2N6O. The van der Waals surface area contributed by atoms with Gasteiger partial charge in [-0.25, -0.2) is 13.8 Å². The molecule has 5 N–H and O–H groups in total. The summed E-state index contributed by atoms with van der Waals surface area (Å²) >= 11 is 0. The van der Waals surface area contributed by atoms with E-state index in [0.717, 1.165) is 18.5 Å². The summed E-state index contributed by atoms with van der Waals surface area (Å²) in [4.78, 5) is 20.7. The van der Waals surface area contributed by atoms with E-state index >= 15 is 0 Å². The van der Waals surface area contributed by atoms with Gasteiger partial charge in [-0.15, -0.1) is 0 Å². The first-order valence-electron chi connectivity index (χ1n) is 9.66. The molecule has 0 atom stereocenters. The number of nitrogens with two attached hydrogens (primary N) is 2. The number of halogens is 2. The molecule has 0 radical (unpaired) electrons. The predicted octanol–water partition coefficient (Wildman–Crippen LogP) is 3.12. The highest BCUT2D eigenvalue weighted by Gasteiger charge is 2.36. The van der Waals surface area contributed by atoms with Gasteiger partial charge in [0.2, 0.25) is 0 Å². The van der Waals surface area contributed by atoms with E-state index < -0.39 is 5.92 Å². The van der Waals surface area contributed by atoms with Crippen molar-refractivity contribution in [3.8, 4) is 0 Å². The number of carbonyl (C=O) groups excluding carboxylic acids is 1. The Labute approximate surface area is 167 Å². The number of aromatic nitrogens is 1. The summed E-state index contributed by atoms with van der Waals surface area (Å²) < 4.78 is 26.7. The Morgan fingerprint density at radius 2 is 1.93 bits per heavy atom. The molecule has 154 valence electrons.